The summed E-state index contributed by atoms with van der Waals surface area (Å²) in [7, 11) is 0. The molecule has 0 radical (unpaired) electrons. The van der Waals surface area contributed by atoms with Gasteiger partial charge < -0.3 is 5.32 Å². The number of anilines is 1. The number of benzene rings is 1. The molecule has 1 N–H and O–H groups in total. The summed E-state index contributed by atoms with van der Waals surface area (Å²) in [5.74, 6) is 0.108. The number of aryl methyl sites for hydroxylation is 1. The average Bonchev–Trinajstić information content (AvgIpc) is 2.70. The summed E-state index contributed by atoms with van der Waals surface area (Å²) in [5.41, 5.74) is 2.16. The number of amides is 1. The molecular weight excluding hydrogens is 244 g/mol. The Bertz CT molecular complexity index is 562. The molecule has 1 amide bonds. The molecule has 0 spiro atoms. The summed E-state index contributed by atoms with van der Waals surface area (Å²) >= 11 is 1.53. The Morgan fingerprint density at radius 2 is 2.28 bits per heavy atom. The predicted molar refractivity (Wildman–Crippen MR) is 77.1 cm³/mol. The smallest absolute Gasteiger partial charge is 0.228 e. The molecule has 0 aliphatic rings. The van der Waals surface area contributed by atoms with Crippen LogP contribution in [0, 0.1) is 12.8 Å². The van der Waals surface area contributed by atoms with Crippen LogP contribution < -0.4 is 5.32 Å². The fourth-order valence-electron chi connectivity index (χ4n) is 1.88. The van der Waals surface area contributed by atoms with Crippen LogP contribution in [0.3, 0.4) is 0 Å². The van der Waals surface area contributed by atoms with Gasteiger partial charge in [-0.25, -0.2) is 4.98 Å². The molecule has 2 aromatic rings. The van der Waals surface area contributed by atoms with Crippen LogP contribution in [0.2, 0.25) is 0 Å². The molecule has 0 saturated heterocycles. The van der Waals surface area contributed by atoms with Gasteiger partial charge in [-0.1, -0.05) is 37.7 Å². The van der Waals surface area contributed by atoms with Gasteiger partial charge in [-0.15, -0.1) is 0 Å². The number of carbonyl (C=O) groups excluding carboxylic acids is 1. The van der Waals surface area contributed by atoms with Crippen LogP contribution >= 0.6 is 11.3 Å². The van der Waals surface area contributed by atoms with Crippen LogP contribution in [0.15, 0.2) is 18.2 Å². The van der Waals surface area contributed by atoms with Crippen molar-refractivity contribution in [2.45, 2.75) is 33.6 Å². The van der Waals surface area contributed by atoms with Crippen molar-refractivity contribution < 1.29 is 4.79 Å². The molecule has 1 heterocycles. The quantitative estimate of drug-likeness (QED) is 0.905. The molecule has 3 nitrogen and oxygen atoms in total. The van der Waals surface area contributed by atoms with E-state index in [-0.39, 0.29) is 11.8 Å². The zero-order valence-electron chi connectivity index (χ0n) is 11.0. The average molecular weight is 262 g/mol. The lowest BCUT2D eigenvalue weighted by atomic mass is 10.1. The summed E-state index contributed by atoms with van der Waals surface area (Å²) in [4.78, 5) is 16.3. The SMILES string of the molecule is CCCC(C)C(=O)Nc1nc2ccc(C)cc2s1. The Balaban J connectivity index is 2.14. The van der Waals surface area contributed by atoms with E-state index >= 15 is 0 Å². The van der Waals surface area contributed by atoms with E-state index in [2.05, 4.69) is 30.2 Å². The maximum Gasteiger partial charge on any atom is 0.228 e. The first-order valence-corrected chi connectivity index (χ1v) is 7.10. The lowest BCUT2D eigenvalue weighted by Gasteiger charge is -2.08. The van der Waals surface area contributed by atoms with E-state index in [9.17, 15) is 4.79 Å². The first-order valence-electron chi connectivity index (χ1n) is 6.28. The second-order valence-electron chi connectivity index (χ2n) is 4.67. The summed E-state index contributed by atoms with van der Waals surface area (Å²) < 4.78 is 1.12. The van der Waals surface area contributed by atoms with Gasteiger partial charge in [0, 0.05) is 5.92 Å². The second kappa shape index (κ2) is 5.48. The van der Waals surface area contributed by atoms with Gasteiger partial charge in [-0.3, -0.25) is 4.79 Å². The predicted octanol–water partition coefficient (Wildman–Crippen LogP) is 3.98. The molecule has 4 heteroatoms. The Hall–Kier alpha value is -1.42. The van der Waals surface area contributed by atoms with E-state index in [1.807, 2.05) is 19.1 Å². The van der Waals surface area contributed by atoms with Gasteiger partial charge in [0.05, 0.1) is 10.2 Å². The van der Waals surface area contributed by atoms with Crippen LogP contribution in [-0.2, 0) is 4.79 Å². The number of aromatic nitrogens is 1. The molecule has 0 saturated carbocycles. The number of carbonyl (C=O) groups is 1. The van der Waals surface area contributed by atoms with Gasteiger partial charge in [-0.05, 0) is 31.0 Å². The van der Waals surface area contributed by atoms with Crippen LogP contribution in [-0.4, -0.2) is 10.9 Å². The largest absolute Gasteiger partial charge is 0.302 e. The van der Waals surface area contributed by atoms with Crippen LogP contribution in [0.1, 0.15) is 32.3 Å². The summed E-state index contributed by atoms with van der Waals surface area (Å²) in [6, 6.07) is 6.12. The van der Waals surface area contributed by atoms with Crippen LogP contribution in [0.5, 0.6) is 0 Å². The van der Waals surface area contributed by atoms with E-state index in [1.54, 1.807) is 0 Å². The number of nitrogens with zero attached hydrogens (tertiary/aromatic N) is 1. The number of fused-ring (bicyclic) bond motifs is 1. The van der Waals surface area contributed by atoms with Gasteiger partial charge in [0.15, 0.2) is 5.13 Å². The van der Waals surface area contributed by atoms with Crippen LogP contribution in [0.4, 0.5) is 5.13 Å². The van der Waals surface area contributed by atoms with E-state index < -0.39 is 0 Å². The highest BCUT2D eigenvalue weighted by Gasteiger charge is 2.14. The van der Waals surface area contributed by atoms with Crippen molar-refractivity contribution in [1.29, 1.82) is 0 Å². The standard InChI is InChI=1S/C14H18N2OS/c1-4-5-10(3)13(17)16-14-15-11-7-6-9(2)8-12(11)18-14/h6-8,10H,4-5H2,1-3H3,(H,15,16,17). The van der Waals surface area contributed by atoms with E-state index in [0.717, 1.165) is 23.1 Å². The zero-order chi connectivity index (χ0) is 13.1. The van der Waals surface area contributed by atoms with E-state index in [0.29, 0.717) is 5.13 Å². The topological polar surface area (TPSA) is 42.0 Å². The van der Waals surface area contributed by atoms with Crippen molar-refractivity contribution in [2.75, 3.05) is 5.32 Å². The van der Waals surface area contributed by atoms with Crippen molar-refractivity contribution in [1.82, 2.24) is 4.98 Å². The molecule has 0 fully saturated rings. The highest BCUT2D eigenvalue weighted by atomic mass is 32.1. The molecule has 0 bridgehead atoms. The molecule has 1 aromatic heterocycles. The number of hydrogen-bond donors (Lipinski definition) is 1. The summed E-state index contributed by atoms with van der Waals surface area (Å²) in [5, 5.41) is 3.60. The molecule has 0 aliphatic heterocycles. The third kappa shape index (κ3) is 2.88. The Morgan fingerprint density at radius 1 is 1.50 bits per heavy atom. The normalized spacial score (nSPS) is 12.6. The van der Waals surface area contributed by atoms with Crippen molar-refractivity contribution >= 4 is 32.6 Å². The third-order valence-corrected chi connectivity index (χ3v) is 3.88. The zero-order valence-corrected chi connectivity index (χ0v) is 11.8. The molecule has 2 rings (SSSR count). The van der Waals surface area contributed by atoms with Crippen molar-refractivity contribution in [3.05, 3.63) is 23.8 Å². The number of rotatable bonds is 4. The molecular formula is C14H18N2OS. The highest BCUT2D eigenvalue weighted by molar-refractivity contribution is 7.22. The fourth-order valence-corrected chi connectivity index (χ4v) is 2.84. The number of hydrogen-bond acceptors (Lipinski definition) is 3. The number of thiazole rings is 1. The van der Waals surface area contributed by atoms with Gasteiger partial charge in [0.25, 0.3) is 0 Å². The minimum atomic E-state index is 0.0451. The third-order valence-electron chi connectivity index (χ3n) is 2.94. The first-order chi connectivity index (χ1) is 8.60. The van der Waals surface area contributed by atoms with Gasteiger partial charge in [0.2, 0.25) is 5.91 Å². The van der Waals surface area contributed by atoms with Crippen LogP contribution in [0.25, 0.3) is 10.2 Å². The minimum Gasteiger partial charge on any atom is -0.302 e. The highest BCUT2D eigenvalue weighted by Crippen LogP contribution is 2.27. The Kier molecular flexibility index (Phi) is 3.97. The maximum absolute atomic E-state index is 11.9. The summed E-state index contributed by atoms with van der Waals surface area (Å²) in [6.45, 7) is 6.10. The van der Waals surface area contributed by atoms with Crippen molar-refractivity contribution in [3.8, 4) is 0 Å². The van der Waals surface area contributed by atoms with Gasteiger partial charge >= 0.3 is 0 Å². The maximum atomic E-state index is 11.9. The second-order valence-corrected chi connectivity index (χ2v) is 5.70. The lowest BCUT2D eigenvalue weighted by molar-refractivity contribution is -0.119. The minimum absolute atomic E-state index is 0.0451. The molecule has 18 heavy (non-hydrogen) atoms. The molecule has 1 unspecified atom stereocenters. The molecule has 96 valence electrons. The van der Waals surface area contributed by atoms with E-state index in [1.165, 1.54) is 16.9 Å². The lowest BCUT2D eigenvalue weighted by Crippen LogP contribution is -2.19. The van der Waals surface area contributed by atoms with Gasteiger partial charge in [-0.2, -0.15) is 0 Å². The van der Waals surface area contributed by atoms with Crippen molar-refractivity contribution in [3.63, 3.8) is 0 Å². The summed E-state index contributed by atoms with van der Waals surface area (Å²) in [6.07, 6.45) is 1.93. The van der Waals surface area contributed by atoms with Gasteiger partial charge in [0.1, 0.15) is 0 Å². The van der Waals surface area contributed by atoms with E-state index in [4.69, 9.17) is 0 Å². The molecule has 1 atom stereocenters. The Morgan fingerprint density at radius 3 is 3.00 bits per heavy atom. The first kappa shape index (κ1) is 13.0. The fraction of sp³-hybridized carbons (Fsp3) is 0.429. The molecule has 0 aliphatic carbocycles. The number of nitrogens with one attached hydrogen (secondary N) is 1. The monoisotopic (exact) mass is 262 g/mol. The molecule has 1 aromatic carbocycles. The Labute approximate surface area is 111 Å². The van der Waals surface area contributed by atoms with Crippen molar-refractivity contribution in [2.24, 2.45) is 5.92 Å².